The SMILES string of the molecule is CC(C)(C)OC(=O)c1ccc(CCn2c(CBr)c(C3CC3)ccc2=O)cc1. The maximum atomic E-state index is 12.4. The summed E-state index contributed by atoms with van der Waals surface area (Å²) in [6, 6.07) is 11.1. The van der Waals surface area contributed by atoms with Crippen molar-refractivity contribution in [3.63, 3.8) is 0 Å². The van der Waals surface area contributed by atoms with Gasteiger partial charge in [0.1, 0.15) is 5.60 Å². The lowest BCUT2D eigenvalue weighted by Gasteiger charge is -2.19. The summed E-state index contributed by atoms with van der Waals surface area (Å²) < 4.78 is 7.27. The van der Waals surface area contributed by atoms with E-state index in [1.807, 2.05) is 43.5 Å². The second-order valence-electron chi connectivity index (χ2n) is 8.08. The van der Waals surface area contributed by atoms with E-state index in [2.05, 4.69) is 15.9 Å². The Kier molecular flexibility index (Phi) is 5.89. The van der Waals surface area contributed by atoms with Gasteiger partial charge in [-0.3, -0.25) is 4.79 Å². The highest BCUT2D eigenvalue weighted by molar-refractivity contribution is 9.08. The summed E-state index contributed by atoms with van der Waals surface area (Å²) in [5.41, 5.74) is 3.56. The molecule has 1 aromatic heterocycles. The van der Waals surface area contributed by atoms with Gasteiger partial charge in [-0.2, -0.15) is 0 Å². The van der Waals surface area contributed by atoms with E-state index in [0.717, 1.165) is 17.7 Å². The Morgan fingerprint density at radius 1 is 1.15 bits per heavy atom. The second kappa shape index (κ2) is 8.01. The van der Waals surface area contributed by atoms with Gasteiger partial charge in [-0.05, 0) is 69.2 Å². The number of alkyl halides is 1. The van der Waals surface area contributed by atoms with Gasteiger partial charge in [0, 0.05) is 23.6 Å². The molecule has 4 nitrogen and oxygen atoms in total. The van der Waals surface area contributed by atoms with Crippen LogP contribution >= 0.6 is 15.9 Å². The molecule has 0 saturated heterocycles. The van der Waals surface area contributed by atoms with Gasteiger partial charge in [-0.25, -0.2) is 4.79 Å². The number of halogens is 1. The van der Waals surface area contributed by atoms with Crippen LogP contribution in [0.25, 0.3) is 0 Å². The van der Waals surface area contributed by atoms with E-state index in [-0.39, 0.29) is 11.5 Å². The Hall–Kier alpha value is -1.88. The smallest absolute Gasteiger partial charge is 0.338 e. The molecular weight excluding hydrogens is 406 g/mol. The van der Waals surface area contributed by atoms with Crippen LogP contribution in [0.15, 0.2) is 41.2 Å². The highest BCUT2D eigenvalue weighted by Crippen LogP contribution is 2.41. The van der Waals surface area contributed by atoms with Crippen molar-refractivity contribution in [1.29, 1.82) is 0 Å². The van der Waals surface area contributed by atoms with Gasteiger partial charge in [-0.1, -0.05) is 34.1 Å². The molecule has 3 rings (SSSR count). The molecule has 2 aromatic rings. The third-order valence-corrected chi connectivity index (χ3v) is 5.22. The number of aromatic nitrogens is 1. The minimum atomic E-state index is -0.504. The first-order valence-corrected chi connectivity index (χ1v) is 10.5. The summed E-state index contributed by atoms with van der Waals surface area (Å²) in [6.07, 6.45) is 3.16. The molecule has 0 atom stereocenters. The summed E-state index contributed by atoms with van der Waals surface area (Å²) in [7, 11) is 0. The molecule has 1 saturated carbocycles. The number of hydrogen-bond donors (Lipinski definition) is 0. The van der Waals surface area contributed by atoms with Gasteiger partial charge in [0.15, 0.2) is 0 Å². The third-order valence-electron chi connectivity index (χ3n) is 4.69. The quantitative estimate of drug-likeness (QED) is 0.486. The van der Waals surface area contributed by atoms with Crippen LogP contribution < -0.4 is 5.56 Å². The van der Waals surface area contributed by atoms with Crippen LogP contribution in [0.5, 0.6) is 0 Å². The molecule has 0 amide bonds. The largest absolute Gasteiger partial charge is 0.456 e. The van der Waals surface area contributed by atoms with Crippen molar-refractivity contribution in [2.75, 3.05) is 0 Å². The fraction of sp³-hybridized carbons (Fsp3) is 0.455. The summed E-state index contributed by atoms with van der Waals surface area (Å²) in [4.78, 5) is 24.5. The molecule has 27 heavy (non-hydrogen) atoms. The zero-order valence-corrected chi connectivity index (χ0v) is 17.7. The van der Waals surface area contributed by atoms with E-state index in [4.69, 9.17) is 4.74 Å². The topological polar surface area (TPSA) is 48.3 Å². The molecule has 1 fully saturated rings. The van der Waals surface area contributed by atoms with E-state index in [1.165, 1.54) is 18.4 Å². The number of benzene rings is 1. The Bertz CT molecular complexity index is 874. The molecule has 0 spiro atoms. The Morgan fingerprint density at radius 3 is 2.37 bits per heavy atom. The van der Waals surface area contributed by atoms with Crippen LogP contribution in [-0.4, -0.2) is 16.1 Å². The van der Waals surface area contributed by atoms with Crippen molar-refractivity contribution in [3.05, 3.63) is 69.1 Å². The molecular formula is C22H26BrNO3. The first-order valence-electron chi connectivity index (χ1n) is 9.39. The average Bonchev–Trinajstić information content (AvgIpc) is 3.44. The molecule has 5 heteroatoms. The van der Waals surface area contributed by atoms with Gasteiger partial charge >= 0.3 is 5.97 Å². The molecule has 0 radical (unpaired) electrons. The summed E-state index contributed by atoms with van der Waals surface area (Å²) in [5.74, 6) is 0.293. The highest BCUT2D eigenvalue weighted by Gasteiger charge is 2.27. The van der Waals surface area contributed by atoms with Gasteiger partial charge in [0.25, 0.3) is 5.56 Å². The Balaban J connectivity index is 1.71. The molecule has 1 aliphatic carbocycles. The van der Waals surface area contributed by atoms with Gasteiger partial charge in [0.05, 0.1) is 5.56 Å². The Labute approximate surface area is 168 Å². The van der Waals surface area contributed by atoms with Crippen molar-refractivity contribution in [1.82, 2.24) is 4.57 Å². The van der Waals surface area contributed by atoms with Crippen molar-refractivity contribution in [2.24, 2.45) is 0 Å². The number of carbonyl (C=O) groups excluding carboxylic acids is 1. The number of pyridine rings is 1. The van der Waals surface area contributed by atoms with Crippen LogP contribution in [0.2, 0.25) is 0 Å². The maximum absolute atomic E-state index is 12.4. The normalized spacial score (nSPS) is 14.2. The second-order valence-corrected chi connectivity index (χ2v) is 8.64. The van der Waals surface area contributed by atoms with Crippen molar-refractivity contribution in [2.45, 2.75) is 63.4 Å². The standard InChI is InChI=1S/C22H26BrNO3/c1-22(2,3)27-21(26)17-6-4-15(5-7-17)12-13-24-19(14-23)18(16-8-9-16)10-11-20(24)25/h4-7,10-11,16H,8-9,12-14H2,1-3H3. The van der Waals surface area contributed by atoms with Crippen molar-refractivity contribution >= 4 is 21.9 Å². The molecule has 1 aliphatic rings. The number of esters is 1. The Morgan fingerprint density at radius 2 is 1.81 bits per heavy atom. The molecule has 0 bridgehead atoms. The fourth-order valence-corrected chi connectivity index (χ4v) is 3.81. The lowest BCUT2D eigenvalue weighted by Crippen LogP contribution is -2.25. The van der Waals surface area contributed by atoms with Crippen LogP contribution in [-0.2, 0) is 23.0 Å². The number of rotatable bonds is 6. The van der Waals surface area contributed by atoms with Crippen LogP contribution in [0.3, 0.4) is 0 Å². The van der Waals surface area contributed by atoms with Gasteiger partial charge in [0.2, 0.25) is 0 Å². The zero-order chi connectivity index (χ0) is 19.6. The van der Waals surface area contributed by atoms with E-state index in [1.54, 1.807) is 18.2 Å². The van der Waals surface area contributed by atoms with Crippen LogP contribution in [0.1, 0.15) is 66.7 Å². The van der Waals surface area contributed by atoms with Crippen molar-refractivity contribution in [3.8, 4) is 0 Å². The van der Waals surface area contributed by atoms with E-state index >= 15 is 0 Å². The minimum absolute atomic E-state index is 0.0409. The van der Waals surface area contributed by atoms with E-state index in [9.17, 15) is 9.59 Å². The summed E-state index contributed by atoms with van der Waals surface area (Å²) >= 11 is 3.55. The van der Waals surface area contributed by atoms with Gasteiger partial charge < -0.3 is 9.30 Å². The van der Waals surface area contributed by atoms with Gasteiger partial charge in [-0.15, -0.1) is 0 Å². The first-order chi connectivity index (χ1) is 12.8. The predicted molar refractivity (Wildman–Crippen MR) is 111 cm³/mol. The van der Waals surface area contributed by atoms with E-state index < -0.39 is 5.60 Å². The number of hydrogen-bond acceptors (Lipinski definition) is 3. The van der Waals surface area contributed by atoms with Crippen LogP contribution in [0.4, 0.5) is 0 Å². The summed E-state index contributed by atoms with van der Waals surface area (Å²) in [5, 5.41) is 0.687. The number of carbonyl (C=O) groups is 1. The highest BCUT2D eigenvalue weighted by atomic mass is 79.9. The lowest BCUT2D eigenvalue weighted by atomic mass is 10.1. The maximum Gasteiger partial charge on any atom is 0.338 e. The number of ether oxygens (including phenoxy) is 1. The monoisotopic (exact) mass is 431 g/mol. The van der Waals surface area contributed by atoms with Crippen LogP contribution in [0, 0.1) is 0 Å². The predicted octanol–water partition coefficient (Wildman–Crippen LogP) is 4.82. The first kappa shape index (κ1) is 19.9. The number of nitrogens with zero attached hydrogens (tertiary/aromatic N) is 1. The third kappa shape index (κ3) is 5.10. The van der Waals surface area contributed by atoms with E-state index in [0.29, 0.717) is 23.4 Å². The minimum Gasteiger partial charge on any atom is -0.456 e. The molecule has 1 aromatic carbocycles. The zero-order valence-electron chi connectivity index (χ0n) is 16.1. The molecule has 0 N–H and O–H groups in total. The molecule has 144 valence electrons. The lowest BCUT2D eigenvalue weighted by molar-refractivity contribution is 0.00695. The molecule has 0 unspecified atom stereocenters. The number of aryl methyl sites for hydroxylation is 1. The summed E-state index contributed by atoms with van der Waals surface area (Å²) in [6.45, 7) is 6.20. The molecule has 0 aliphatic heterocycles. The molecule has 1 heterocycles. The average molecular weight is 432 g/mol. The van der Waals surface area contributed by atoms with Crippen molar-refractivity contribution < 1.29 is 9.53 Å². The fourth-order valence-electron chi connectivity index (χ4n) is 3.18.